The number of piperidine rings is 1. The number of ether oxygens (including phenoxy) is 1. The number of methoxy groups -OCH3 is 1. The topological polar surface area (TPSA) is 113 Å². The van der Waals surface area contributed by atoms with Gasteiger partial charge in [-0.05, 0) is 43.2 Å². The number of sulfonamides is 1. The Morgan fingerprint density at radius 1 is 1.00 bits per heavy atom. The summed E-state index contributed by atoms with van der Waals surface area (Å²) < 4.78 is 32.9. The summed E-state index contributed by atoms with van der Waals surface area (Å²) in [5.74, 6) is -1.52. The van der Waals surface area contributed by atoms with E-state index in [1.807, 2.05) is 0 Å². The zero-order valence-electron chi connectivity index (χ0n) is 17.5. The number of nitrogens with one attached hydrogen (secondary N) is 1. The minimum Gasteiger partial charge on any atom is -0.495 e. The molecule has 0 bridgehead atoms. The van der Waals surface area contributed by atoms with Crippen LogP contribution in [0.5, 0.6) is 5.75 Å². The molecule has 2 aromatic carbocycles. The zero-order valence-corrected chi connectivity index (χ0v) is 18.4. The molecule has 3 amide bonds. The first-order valence-corrected chi connectivity index (χ1v) is 11.7. The van der Waals surface area contributed by atoms with Crippen molar-refractivity contribution in [3.63, 3.8) is 0 Å². The summed E-state index contributed by atoms with van der Waals surface area (Å²) >= 11 is 0. The van der Waals surface area contributed by atoms with Crippen LogP contribution in [0.1, 0.15) is 40.0 Å². The molecule has 2 aliphatic heterocycles. The first kappa shape index (κ1) is 22.0. The number of rotatable bonds is 6. The fourth-order valence-electron chi connectivity index (χ4n) is 3.93. The molecule has 0 atom stereocenters. The summed E-state index contributed by atoms with van der Waals surface area (Å²) in [6.07, 6.45) is 2.56. The number of fused-ring (bicyclic) bond motifs is 1. The van der Waals surface area contributed by atoms with Gasteiger partial charge in [0.25, 0.3) is 11.8 Å². The van der Waals surface area contributed by atoms with Gasteiger partial charge >= 0.3 is 0 Å². The maximum Gasteiger partial charge on any atom is 0.262 e. The highest BCUT2D eigenvalue weighted by Crippen LogP contribution is 2.31. The summed E-state index contributed by atoms with van der Waals surface area (Å²) in [4.78, 5) is 38.3. The number of carbonyl (C=O) groups is 3. The summed E-state index contributed by atoms with van der Waals surface area (Å²) in [6, 6.07) is 10.7. The van der Waals surface area contributed by atoms with Gasteiger partial charge in [-0.25, -0.2) is 8.42 Å². The lowest BCUT2D eigenvalue weighted by Gasteiger charge is -2.26. The van der Waals surface area contributed by atoms with Gasteiger partial charge in [0.15, 0.2) is 0 Å². The molecule has 0 spiro atoms. The minimum atomic E-state index is -3.80. The van der Waals surface area contributed by atoms with Gasteiger partial charge < -0.3 is 10.1 Å². The van der Waals surface area contributed by atoms with Gasteiger partial charge in [-0.2, -0.15) is 4.31 Å². The number of carbonyl (C=O) groups excluding carboxylic acids is 3. The van der Waals surface area contributed by atoms with Gasteiger partial charge in [-0.3, -0.25) is 19.3 Å². The summed E-state index contributed by atoms with van der Waals surface area (Å²) in [6.45, 7) is 0.385. The molecule has 2 heterocycles. The molecule has 0 aliphatic carbocycles. The van der Waals surface area contributed by atoms with E-state index in [0.29, 0.717) is 13.1 Å². The van der Waals surface area contributed by atoms with Crippen LogP contribution in [-0.4, -0.2) is 62.1 Å². The van der Waals surface area contributed by atoms with E-state index >= 15 is 0 Å². The second kappa shape index (κ2) is 8.71. The predicted molar refractivity (Wildman–Crippen MR) is 116 cm³/mol. The minimum absolute atomic E-state index is 0.0413. The Hall–Kier alpha value is -3.24. The van der Waals surface area contributed by atoms with E-state index in [-0.39, 0.29) is 27.5 Å². The molecule has 1 N–H and O–H groups in total. The van der Waals surface area contributed by atoms with Crippen LogP contribution in [0, 0.1) is 0 Å². The number of imide groups is 1. The Kier molecular flexibility index (Phi) is 5.98. The maximum absolute atomic E-state index is 13.1. The highest BCUT2D eigenvalue weighted by Gasteiger charge is 2.36. The van der Waals surface area contributed by atoms with Crippen molar-refractivity contribution in [2.75, 3.05) is 32.1 Å². The number of hydrogen-bond donors (Lipinski definition) is 1. The van der Waals surface area contributed by atoms with Crippen LogP contribution in [0.4, 0.5) is 5.69 Å². The standard InChI is InChI=1S/C22H23N3O6S/c1-31-18-10-9-15(13-19(18)32(29,30)24-11-5-2-6-12-24)23-20(26)14-25-21(27)16-7-3-4-8-17(16)22(25)28/h3-4,7-10,13H,2,5-6,11-12,14H2,1H3,(H,23,26). The van der Waals surface area contributed by atoms with Gasteiger partial charge in [0.05, 0.1) is 18.2 Å². The van der Waals surface area contributed by atoms with Gasteiger partial charge in [0.2, 0.25) is 15.9 Å². The highest BCUT2D eigenvalue weighted by molar-refractivity contribution is 7.89. The first-order valence-electron chi connectivity index (χ1n) is 10.3. The Bertz CT molecular complexity index is 1150. The van der Waals surface area contributed by atoms with E-state index in [9.17, 15) is 22.8 Å². The number of anilines is 1. The monoisotopic (exact) mass is 457 g/mol. The smallest absolute Gasteiger partial charge is 0.262 e. The van der Waals surface area contributed by atoms with Gasteiger partial charge in [0, 0.05) is 18.8 Å². The SMILES string of the molecule is COc1ccc(NC(=O)CN2C(=O)c3ccccc3C2=O)cc1S(=O)(=O)N1CCCCC1. The van der Waals surface area contributed by atoms with E-state index in [4.69, 9.17) is 4.74 Å². The average Bonchev–Trinajstić information content (AvgIpc) is 3.04. The van der Waals surface area contributed by atoms with E-state index < -0.39 is 34.3 Å². The lowest BCUT2D eigenvalue weighted by molar-refractivity contribution is -0.116. The van der Waals surface area contributed by atoms with Crippen LogP contribution in [0.3, 0.4) is 0 Å². The van der Waals surface area contributed by atoms with Crippen molar-refractivity contribution < 1.29 is 27.5 Å². The van der Waals surface area contributed by atoms with Crippen LogP contribution < -0.4 is 10.1 Å². The Balaban J connectivity index is 1.53. The molecule has 0 aromatic heterocycles. The molecular formula is C22H23N3O6S. The number of hydrogen-bond acceptors (Lipinski definition) is 6. The van der Waals surface area contributed by atoms with Gasteiger partial charge in [-0.15, -0.1) is 0 Å². The Morgan fingerprint density at radius 2 is 1.62 bits per heavy atom. The predicted octanol–water partition coefficient (Wildman–Crippen LogP) is 2.10. The quantitative estimate of drug-likeness (QED) is 0.665. The lowest BCUT2D eigenvalue weighted by Crippen LogP contribution is -2.37. The second-order valence-corrected chi connectivity index (χ2v) is 9.53. The third-order valence-electron chi connectivity index (χ3n) is 5.56. The van der Waals surface area contributed by atoms with Gasteiger partial charge in [0.1, 0.15) is 17.2 Å². The number of benzene rings is 2. The summed E-state index contributed by atoms with van der Waals surface area (Å²) in [5, 5.41) is 2.58. The largest absolute Gasteiger partial charge is 0.495 e. The van der Waals surface area contributed by atoms with E-state index in [2.05, 4.69) is 5.32 Å². The second-order valence-electron chi connectivity index (χ2n) is 7.62. The number of nitrogens with zero attached hydrogens (tertiary/aromatic N) is 2. The van der Waals surface area contributed by atoms with Crippen molar-refractivity contribution in [2.45, 2.75) is 24.2 Å². The van der Waals surface area contributed by atoms with Crippen LogP contribution in [-0.2, 0) is 14.8 Å². The van der Waals surface area contributed by atoms with Crippen molar-refractivity contribution in [2.24, 2.45) is 0 Å². The Labute approximate surface area is 186 Å². The molecule has 1 fully saturated rings. The summed E-state index contributed by atoms with van der Waals surface area (Å²) in [7, 11) is -2.42. The molecule has 2 aromatic rings. The maximum atomic E-state index is 13.1. The Morgan fingerprint density at radius 3 is 2.22 bits per heavy atom. The molecule has 168 valence electrons. The molecule has 32 heavy (non-hydrogen) atoms. The lowest BCUT2D eigenvalue weighted by atomic mass is 10.1. The molecule has 10 heteroatoms. The molecule has 0 unspecified atom stereocenters. The van der Waals surface area contributed by atoms with Crippen molar-refractivity contribution in [1.82, 2.24) is 9.21 Å². The van der Waals surface area contributed by atoms with Crippen LogP contribution in [0.15, 0.2) is 47.4 Å². The van der Waals surface area contributed by atoms with E-state index in [1.165, 1.54) is 41.7 Å². The molecule has 9 nitrogen and oxygen atoms in total. The third-order valence-corrected chi connectivity index (χ3v) is 7.48. The van der Waals surface area contributed by atoms with Crippen LogP contribution >= 0.6 is 0 Å². The van der Waals surface area contributed by atoms with Gasteiger partial charge in [-0.1, -0.05) is 18.6 Å². The van der Waals surface area contributed by atoms with Crippen molar-refractivity contribution in [3.8, 4) is 5.75 Å². The van der Waals surface area contributed by atoms with Crippen molar-refractivity contribution in [3.05, 3.63) is 53.6 Å². The fourth-order valence-corrected chi connectivity index (χ4v) is 5.63. The molecule has 4 rings (SSSR count). The van der Waals surface area contributed by atoms with Crippen LogP contribution in [0.25, 0.3) is 0 Å². The normalized spacial score (nSPS) is 16.7. The average molecular weight is 458 g/mol. The molecule has 2 aliphatic rings. The fraction of sp³-hybridized carbons (Fsp3) is 0.318. The van der Waals surface area contributed by atoms with Crippen molar-refractivity contribution >= 4 is 33.4 Å². The van der Waals surface area contributed by atoms with Crippen LogP contribution in [0.2, 0.25) is 0 Å². The molecule has 1 saturated heterocycles. The molecular weight excluding hydrogens is 434 g/mol. The van der Waals surface area contributed by atoms with E-state index in [1.54, 1.807) is 12.1 Å². The molecule has 0 radical (unpaired) electrons. The van der Waals surface area contributed by atoms with E-state index in [0.717, 1.165) is 24.2 Å². The highest BCUT2D eigenvalue weighted by atomic mass is 32.2. The number of amides is 3. The zero-order chi connectivity index (χ0) is 22.9. The molecule has 0 saturated carbocycles. The third kappa shape index (κ3) is 3.98. The first-order chi connectivity index (χ1) is 15.3. The summed E-state index contributed by atoms with van der Waals surface area (Å²) in [5.41, 5.74) is 0.734. The van der Waals surface area contributed by atoms with Crippen molar-refractivity contribution in [1.29, 1.82) is 0 Å².